The lowest BCUT2D eigenvalue weighted by Crippen LogP contribution is -2.46. The van der Waals surface area contributed by atoms with Crippen molar-refractivity contribution in [2.45, 2.75) is 44.7 Å². The predicted molar refractivity (Wildman–Crippen MR) is 68.6 cm³/mol. The summed E-state index contributed by atoms with van der Waals surface area (Å²) in [7, 11) is 0. The molecule has 15 heavy (non-hydrogen) atoms. The number of piperidine rings is 1. The van der Waals surface area contributed by atoms with Gasteiger partial charge < -0.3 is 5.32 Å². The van der Waals surface area contributed by atoms with Crippen LogP contribution in [0, 0.1) is 0 Å². The molecule has 0 amide bonds. The van der Waals surface area contributed by atoms with E-state index in [1.807, 2.05) is 0 Å². The van der Waals surface area contributed by atoms with Crippen LogP contribution in [0.2, 0.25) is 0 Å². The number of likely N-dealkylation sites (tertiary alicyclic amines) is 1. The summed E-state index contributed by atoms with van der Waals surface area (Å²) in [5, 5.41) is 3.46. The molecule has 2 nitrogen and oxygen atoms in total. The third-order valence-corrected chi connectivity index (χ3v) is 4.74. The van der Waals surface area contributed by atoms with Crippen molar-refractivity contribution in [3.8, 4) is 0 Å². The normalized spacial score (nSPS) is 29.8. The van der Waals surface area contributed by atoms with Gasteiger partial charge in [0.2, 0.25) is 0 Å². The first-order valence-electron chi connectivity index (χ1n) is 6.46. The zero-order chi connectivity index (χ0) is 10.5. The second kappa shape index (κ2) is 6.12. The summed E-state index contributed by atoms with van der Waals surface area (Å²) in [6.07, 6.45) is 5.61. The van der Waals surface area contributed by atoms with Crippen LogP contribution in [0.5, 0.6) is 0 Å². The first-order chi connectivity index (χ1) is 7.42. The van der Waals surface area contributed by atoms with Gasteiger partial charge in [0.25, 0.3) is 0 Å². The monoisotopic (exact) mass is 228 g/mol. The molecule has 2 aliphatic heterocycles. The van der Waals surface area contributed by atoms with Gasteiger partial charge in [-0.25, -0.2) is 0 Å². The van der Waals surface area contributed by atoms with Crippen LogP contribution in [0.3, 0.4) is 0 Å². The summed E-state index contributed by atoms with van der Waals surface area (Å²) in [4.78, 5) is 2.81. The first kappa shape index (κ1) is 11.7. The third kappa shape index (κ3) is 3.11. The molecule has 0 aromatic carbocycles. The van der Waals surface area contributed by atoms with E-state index in [0.29, 0.717) is 0 Å². The van der Waals surface area contributed by atoms with Crippen molar-refractivity contribution < 1.29 is 0 Å². The van der Waals surface area contributed by atoms with Crippen LogP contribution in [0.25, 0.3) is 0 Å². The lowest BCUT2D eigenvalue weighted by Gasteiger charge is -2.35. The molecule has 3 heteroatoms. The second-order valence-electron chi connectivity index (χ2n) is 4.67. The van der Waals surface area contributed by atoms with Gasteiger partial charge in [-0.2, -0.15) is 11.8 Å². The van der Waals surface area contributed by atoms with E-state index in [2.05, 4.69) is 28.9 Å². The Bertz CT molecular complexity index is 180. The fourth-order valence-corrected chi connectivity index (χ4v) is 3.78. The highest BCUT2D eigenvalue weighted by Gasteiger charge is 2.30. The molecule has 0 bridgehead atoms. The van der Waals surface area contributed by atoms with Gasteiger partial charge in [0, 0.05) is 17.8 Å². The molecule has 2 rings (SSSR count). The molecule has 1 N–H and O–H groups in total. The molecule has 0 unspecified atom stereocenters. The van der Waals surface area contributed by atoms with Gasteiger partial charge in [0.15, 0.2) is 0 Å². The molecule has 2 heterocycles. The summed E-state index contributed by atoms with van der Waals surface area (Å²) in [6.45, 7) is 6.09. The quantitative estimate of drug-likeness (QED) is 0.792. The minimum absolute atomic E-state index is 0.885. The predicted octanol–water partition coefficient (Wildman–Crippen LogP) is 1.96. The Hall–Kier alpha value is 0.270. The minimum Gasteiger partial charge on any atom is -0.317 e. The van der Waals surface area contributed by atoms with Crippen molar-refractivity contribution in [1.29, 1.82) is 0 Å². The summed E-state index contributed by atoms with van der Waals surface area (Å²) < 4.78 is 0. The molecular weight excluding hydrogens is 204 g/mol. The van der Waals surface area contributed by atoms with Crippen LogP contribution < -0.4 is 5.32 Å². The summed E-state index contributed by atoms with van der Waals surface area (Å²) in [6, 6.07) is 1.77. The summed E-state index contributed by atoms with van der Waals surface area (Å²) in [5.41, 5.74) is 0. The van der Waals surface area contributed by atoms with Crippen molar-refractivity contribution in [3.05, 3.63) is 0 Å². The number of hydrogen-bond donors (Lipinski definition) is 1. The molecule has 0 radical (unpaired) electrons. The molecule has 88 valence electrons. The Morgan fingerprint density at radius 1 is 1.27 bits per heavy atom. The van der Waals surface area contributed by atoms with Crippen LogP contribution in [0.15, 0.2) is 0 Å². The first-order valence-corrected chi connectivity index (χ1v) is 7.61. The third-order valence-electron chi connectivity index (χ3n) is 3.71. The van der Waals surface area contributed by atoms with Gasteiger partial charge in [-0.15, -0.1) is 0 Å². The zero-order valence-electron chi connectivity index (χ0n) is 9.87. The Morgan fingerprint density at radius 3 is 2.80 bits per heavy atom. The molecule has 2 aliphatic rings. The highest BCUT2D eigenvalue weighted by Crippen LogP contribution is 2.26. The van der Waals surface area contributed by atoms with Gasteiger partial charge in [-0.3, -0.25) is 4.90 Å². The van der Waals surface area contributed by atoms with E-state index in [1.165, 1.54) is 56.8 Å². The smallest absolute Gasteiger partial charge is 0.0189 e. The number of thioether (sulfide) groups is 1. The lowest BCUT2D eigenvalue weighted by molar-refractivity contribution is 0.158. The van der Waals surface area contributed by atoms with E-state index >= 15 is 0 Å². The SMILES string of the molecule is CCSC[C@H]1CCCN1C1CCNCC1. The Kier molecular flexibility index (Phi) is 4.79. The number of nitrogens with zero attached hydrogens (tertiary/aromatic N) is 1. The van der Waals surface area contributed by atoms with Crippen LogP contribution in [-0.2, 0) is 0 Å². The van der Waals surface area contributed by atoms with Gasteiger partial charge in [-0.1, -0.05) is 6.92 Å². The second-order valence-corrected chi connectivity index (χ2v) is 5.99. The Balaban J connectivity index is 1.82. The molecule has 0 spiro atoms. The number of hydrogen-bond acceptors (Lipinski definition) is 3. The highest BCUT2D eigenvalue weighted by atomic mass is 32.2. The van der Waals surface area contributed by atoms with Crippen LogP contribution in [-0.4, -0.2) is 48.1 Å². The maximum absolute atomic E-state index is 3.46. The van der Waals surface area contributed by atoms with Gasteiger partial charge >= 0.3 is 0 Å². The van der Waals surface area contributed by atoms with Crippen molar-refractivity contribution >= 4 is 11.8 Å². The topological polar surface area (TPSA) is 15.3 Å². The van der Waals surface area contributed by atoms with Crippen molar-refractivity contribution in [3.63, 3.8) is 0 Å². The fraction of sp³-hybridized carbons (Fsp3) is 1.00. The van der Waals surface area contributed by atoms with E-state index in [1.54, 1.807) is 0 Å². The minimum atomic E-state index is 0.885. The maximum Gasteiger partial charge on any atom is 0.0189 e. The molecule has 0 aromatic rings. The molecule has 0 aromatic heterocycles. The maximum atomic E-state index is 3.46. The van der Waals surface area contributed by atoms with Gasteiger partial charge in [-0.05, 0) is 51.1 Å². The van der Waals surface area contributed by atoms with Crippen LogP contribution >= 0.6 is 11.8 Å². The van der Waals surface area contributed by atoms with Gasteiger partial charge in [0.05, 0.1) is 0 Å². The Morgan fingerprint density at radius 2 is 2.07 bits per heavy atom. The zero-order valence-corrected chi connectivity index (χ0v) is 10.7. The lowest BCUT2D eigenvalue weighted by atomic mass is 10.0. The number of nitrogens with one attached hydrogen (secondary N) is 1. The van der Waals surface area contributed by atoms with E-state index in [9.17, 15) is 0 Å². The number of rotatable bonds is 4. The van der Waals surface area contributed by atoms with Gasteiger partial charge in [0.1, 0.15) is 0 Å². The van der Waals surface area contributed by atoms with Crippen LogP contribution in [0.1, 0.15) is 32.6 Å². The highest BCUT2D eigenvalue weighted by molar-refractivity contribution is 7.99. The average molecular weight is 228 g/mol. The van der Waals surface area contributed by atoms with E-state index in [0.717, 1.165) is 12.1 Å². The Labute approximate surface area is 98.2 Å². The standard InChI is InChI=1S/C12H24N2S/c1-2-15-10-12-4-3-9-14(12)11-5-7-13-8-6-11/h11-13H,2-10H2,1H3/t12-/m1/s1. The molecule has 0 saturated carbocycles. The molecule has 0 aliphatic carbocycles. The fourth-order valence-electron chi connectivity index (χ4n) is 2.91. The van der Waals surface area contributed by atoms with E-state index < -0.39 is 0 Å². The molecule has 2 saturated heterocycles. The van der Waals surface area contributed by atoms with E-state index in [4.69, 9.17) is 0 Å². The largest absolute Gasteiger partial charge is 0.317 e. The molecule has 2 fully saturated rings. The summed E-state index contributed by atoms with van der Waals surface area (Å²) in [5.74, 6) is 2.64. The summed E-state index contributed by atoms with van der Waals surface area (Å²) >= 11 is 2.12. The van der Waals surface area contributed by atoms with Crippen LogP contribution in [0.4, 0.5) is 0 Å². The van der Waals surface area contributed by atoms with Crippen molar-refractivity contribution in [2.24, 2.45) is 0 Å². The molecular formula is C12H24N2S. The van der Waals surface area contributed by atoms with E-state index in [-0.39, 0.29) is 0 Å². The molecule has 1 atom stereocenters. The van der Waals surface area contributed by atoms with Crippen molar-refractivity contribution in [2.75, 3.05) is 31.1 Å². The van der Waals surface area contributed by atoms with Crippen molar-refractivity contribution in [1.82, 2.24) is 10.2 Å². The average Bonchev–Trinajstić information content (AvgIpc) is 2.75.